The molecule has 11 heteroatoms. The van der Waals surface area contributed by atoms with E-state index in [1.54, 1.807) is 42.3 Å². The first kappa shape index (κ1) is 27.2. The van der Waals surface area contributed by atoms with Gasteiger partial charge >= 0.3 is 0 Å². The number of hydrogen-bond acceptors (Lipinski definition) is 7. The van der Waals surface area contributed by atoms with Crippen LogP contribution in [0.5, 0.6) is 0 Å². The van der Waals surface area contributed by atoms with Gasteiger partial charge < -0.3 is 14.8 Å². The van der Waals surface area contributed by atoms with E-state index < -0.39 is 15.9 Å². The largest absolute Gasteiger partial charge is 0.385 e. The number of methoxy groups -OCH3 is 1. The summed E-state index contributed by atoms with van der Waals surface area (Å²) in [6.07, 6.45) is 3.79. The molecule has 198 valence electrons. The number of aromatic nitrogens is 2. The summed E-state index contributed by atoms with van der Waals surface area (Å²) in [5.41, 5.74) is 2.16. The molecule has 2 aromatic carbocycles. The molecule has 1 N–H and O–H groups in total. The summed E-state index contributed by atoms with van der Waals surface area (Å²) in [7, 11) is -2.15. The number of ether oxygens (including phenoxy) is 2. The lowest BCUT2D eigenvalue weighted by Gasteiger charge is -2.26. The molecule has 0 saturated carbocycles. The number of nitrogens with zero attached hydrogens (tertiary/aromatic N) is 4. The Morgan fingerprint density at radius 3 is 2.66 bits per heavy atom. The van der Waals surface area contributed by atoms with Crippen molar-refractivity contribution in [1.82, 2.24) is 19.4 Å². The number of morpholine rings is 1. The van der Waals surface area contributed by atoms with Gasteiger partial charge in [-0.15, -0.1) is 0 Å². The number of rotatable bonds is 10. The Hall–Kier alpha value is -3.82. The summed E-state index contributed by atoms with van der Waals surface area (Å²) < 4.78 is 39.9. The fourth-order valence-corrected chi connectivity index (χ4v) is 5.44. The first-order valence-electron chi connectivity index (χ1n) is 12.2. The molecule has 0 bridgehead atoms. The summed E-state index contributed by atoms with van der Waals surface area (Å²) in [5.74, 6) is -0.509. The van der Waals surface area contributed by atoms with Crippen molar-refractivity contribution in [2.24, 2.45) is 0 Å². The van der Waals surface area contributed by atoms with Gasteiger partial charge in [-0.25, -0.2) is 13.1 Å². The predicted molar refractivity (Wildman–Crippen MR) is 142 cm³/mol. The third-order valence-corrected chi connectivity index (χ3v) is 7.85. The number of hydrogen-bond donors (Lipinski definition) is 1. The molecule has 1 saturated heterocycles. The Morgan fingerprint density at radius 1 is 1.18 bits per heavy atom. The minimum atomic E-state index is -3.73. The van der Waals surface area contributed by atoms with E-state index >= 15 is 0 Å². The maximum absolute atomic E-state index is 13.3. The van der Waals surface area contributed by atoms with E-state index in [1.165, 1.54) is 10.4 Å². The third kappa shape index (κ3) is 6.35. The van der Waals surface area contributed by atoms with Gasteiger partial charge in [0, 0.05) is 50.7 Å². The number of nitriles is 1. The van der Waals surface area contributed by atoms with Crippen LogP contribution in [0.25, 0.3) is 23.0 Å². The smallest absolute Gasteiger partial charge is 0.261 e. The van der Waals surface area contributed by atoms with E-state index in [0.29, 0.717) is 49.6 Å². The minimum absolute atomic E-state index is 0.0895. The van der Waals surface area contributed by atoms with Crippen LogP contribution in [0.4, 0.5) is 0 Å². The van der Waals surface area contributed by atoms with Gasteiger partial charge in [-0.05, 0) is 36.8 Å². The Labute approximate surface area is 222 Å². The average Bonchev–Trinajstić information content (AvgIpc) is 3.39. The molecule has 1 amide bonds. The van der Waals surface area contributed by atoms with E-state index in [0.717, 1.165) is 5.69 Å². The van der Waals surface area contributed by atoms with Crippen LogP contribution in [0, 0.1) is 11.3 Å². The van der Waals surface area contributed by atoms with Crippen molar-refractivity contribution in [3.8, 4) is 23.0 Å². The number of nitrogens with one attached hydrogen (secondary N) is 1. The van der Waals surface area contributed by atoms with Crippen LogP contribution >= 0.6 is 0 Å². The molecule has 4 rings (SSSR count). The summed E-state index contributed by atoms with van der Waals surface area (Å²) in [4.78, 5) is 12.8. The van der Waals surface area contributed by atoms with E-state index in [1.807, 2.05) is 36.4 Å². The molecule has 0 aliphatic carbocycles. The Kier molecular flexibility index (Phi) is 9.04. The quantitative estimate of drug-likeness (QED) is 0.240. The van der Waals surface area contributed by atoms with E-state index in [9.17, 15) is 18.5 Å². The molecule has 38 heavy (non-hydrogen) atoms. The highest BCUT2D eigenvalue weighted by Gasteiger charge is 2.27. The highest BCUT2D eigenvalue weighted by atomic mass is 32.2. The molecule has 0 spiro atoms. The molecule has 1 aliphatic heterocycles. The van der Waals surface area contributed by atoms with Crippen LogP contribution in [-0.4, -0.2) is 75.0 Å². The lowest BCUT2D eigenvalue weighted by molar-refractivity contribution is -0.117. The molecule has 3 aromatic rings. The van der Waals surface area contributed by atoms with Crippen molar-refractivity contribution >= 4 is 22.0 Å². The maximum atomic E-state index is 13.3. The number of benzene rings is 2. The van der Waals surface area contributed by atoms with E-state index in [-0.39, 0.29) is 23.6 Å². The first-order valence-corrected chi connectivity index (χ1v) is 13.6. The molecule has 10 nitrogen and oxygen atoms in total. The zero-order valence-electron chi connectivity index (χ0n) is 21.0. The molecule has 1 fully saturated rings. The van der Waals surface area contributed by atoms with Crippen LogP contribution in [-0.2, 0) is 24.3 Å². The Morgan fingerprint density at radius 2 is 1.95 bits per heavy atom. The van der Waals surface area contributed by atoms with Crippen LogP contribution in [0.15, 0.2) is 71.3 Å². The van der Waals surface area contributed by atoms with Crippen molar-refractivity contribution in [3.63, 3.8) is 0 Å². The highest BCUT2D eigenvalue weighted by Crippen LogP contribution is 2.29. The number of para-hydroxylation sites is 1. The maximum Gasteiger partial charge on any atom is 0.261 e. The van der Waals surface area contributed by atoms with E-state index in [2.05, 4.69) is 5.32 Å². The SMILES string of the molecule is COCCCNC(=O)/C(C#N)=C/c1cn(-c2ccccc2)nc1-c1cccc(S(=O)(=O)N2CCOCC2)c1. The monoisotopic (exact) mass is 535 g/mol. The van der Waals surface area contributed by atoms with Gasteiger partial charge in [-0.3, -0.25) is 4.79 Å². The zero-order chi connectivity index (χ0) is 27.0. The molecule has 0 atom stereocenters. The topological polar surface area (TPSA) is 127 Å². The Balaban J connectivity index is 1.74. The fraction of sp³-hybridized carbons (Fsp3) is 0.296. The molecule has 0 unspecified atom stereocenters. The van der Waals surface area contributed by atoms with Gasteiger partial charge in [0.25, 0.3) is 5.91 Å². The molecular weight excluding hydrogens is 506 g/mol. The van der Waals surface area contributed by atoms with E-state index in [4.69, 9.17) is 14.6 Å². The number of carbonyl (C=O) groups excluding carboxylic acids is 1. The number of amides is 1. The van der Waals surface area contributed by atoms with Crippen molar-refractivity contribution in [1.29, 1.82) is 5.26 Å². The van der Waals surface area contributed by atoms with Crippen molar-refractivity contribution in [2.75, 3.05) is 46.6 Å². The zero-order valence-corrected chi connectivity index (χ0v) is 21.9. The van der Waals surface area contributed by atoms with Gasteiger partial charge in [0.1, 0.15) is 17.3 Å². The first-order chi connectivity index (χ1) is 18.4. The standard InChI is InChI=1S/C27H29N5O5S/c1-36-14-6-11-29-27(33)22(19-28)17-23-20-32(24-8-3-2-4-9-24)30-26(23)21-7-5-10-25(18-21)38(34,35)31-12-15-37-16-13-31/h2-5,7-10,17-18,20H,6,11-16H2,1H3,(H,29,33)/b22-17+. The predicted octanol–water partition coefficient (Wildman–Crippen LogP) is 2.62. The summed E-state index contributed by atoms with van der Waals surface area (Å²) >= 11 is 0. The third-order valence-electron chi connectivity index (χ3n) is 5.95. The molecule has 1 aromatic heterocycles. The lowest BCUT2D eigenvalue weighted by Crippen LogP contribution is -2.40. The van der Waals surface area contributed by atoms with Crippen molar-refractivity contribution in [2.45, 2.75) is 11.3 Å². The Bertz CT molecular complexity index is 1440. The van der Waals surface area contributed by atoms with Crippen molar-refractivity contribution in [3.05, 3.63) is 71.9 Å². The van der Waals surface area contributed by atoms with Crippen LogP contribution in [0.3, 0.4) is 0 Å². The fourth-order valence-electron chi connectivity index (χ4n) is 3.99. The normalized spacial score (nSPS) is 14.7. The molecular formula is C27H29N5O5S. The van der Waals surface area contributed by atoms with Crippen LogP contribution < -0.4 is 5.32 Å². The minimum Gasteiger partial charge on any atom is -0.385 e. The average molecular weight is 536 g/mol. The second-order valence-electron chi connectivity index (χ2n) is 8.53. The summed E-state index contributed by atoms with van der Waals surface area (Å²) in [6, 6.07) is 17.9. The molecule has 0 radical (unpaired) electrons. The second-order valence-corrected chi connectivity index (χ2v) is 10.5. The van der Waals surface area contributed by atoms with Gasteiger partial charge in [-0.1, -0.05) is 30.3 Å². The van der Waals surface area contributed by atoms with Gasteiger partial charge in [-0.2, -0.15) is 14.7 Å². The summed E-state index contributed by atoms with van der Waals surface area (Å²) in [5, 5.41) is 17.1. The van der Waals surface area contributed by atoms with Gasteiger partial charge in [0.05, 0.1) is 23.8 Å². The van der Waals surface area contributed by atoms with Crippen molar-refractivity contribution < 1.29 is 22.7 Å². The number of sulfonamides is 1. The van der Waals surface area contributed by atoms with Gasteiger partial charge in [0.2, 0.25) is 10.0 Å². The summed E-state index contributed by atoms with van der Waals surface area (Å²) in [6.45, 7) is 2.12. The number of carbonyl (C=O) groups is 1. The molecule has 2 heterocycles. The highest BCUT2D eigenvalue weighted by molar-refractivity contribution is 7.89. The second kappa shape index (κ2) is 12.6. The van der Waals surface area contributed by atoms with Gasteiger partial charge in [0.15, 0.2) is 0 Å². The van der Waals surface area contributed by atoms with Crippen LogP contribution in [0.1, 0.15) is 12.0 Å². The lowest BCUT2D eigenvalue weighted by atomic mass is 10.1. The molecule has 1 aliphatic rings. The van der Waals surface area contributed by atoms with Crippen LogP contribution in [0.2, 0.25) is 0 Å².